The molecule has 1 aliphatic carbocycles. The van der Waals surface area contributed by atoms with E-state index >= 15 is 0 Å². The lowest BCUT2D eigenvalue weighted by molar-refractivity contribution is -0.126. The van der Waals surface area contributed by atoms with E-state index in [-0.39, 0.29) is 43.5 Å². The van der Waals surface area contributed by atoms with Crippen molar-refractivity contribution in [3.8, 4) is 0 Å². The fraction of sp³-hybridized carbons (Fsp3) is 0.500. The van der Waals surface area contributed by atoms with E-state index in [0.29, 0.717) is 0 Å². The van der Waals surface area contributed by atoms with Gasteiger partial charge in [0.2, 0.25) is 5.92 Å². The van der Waals surface area contributed by atoms with Crippen molar-refractivity contribution in [1.29, 1.82) is 0 Å². The summed E-state index contributed by atoms with van der Waals surface area (Å²) in [6, 6.07) is 2.92. The molecular formula is C14H14F4O. The number of ketones is 1. The van der Waals surface area contributed by atoms with Crippen molar-refractivity contribution in [2.75, 3.05) is 0 Å². The molecule has 0 atom stereocenters. The Balaban J connectivity index is 1.98. The van der Waals surface area contributed by atoms with E-state index in [2.05, 4.69) is 0 Å². The monoisotopic (exact) mass is 274 g/mol. The maximum absolute atomic E-state index is 13.0. The van der Waals surface area contributed by atoms with Gasteiger partial charge in [0.15, 0.2) is 0 Å². The molecule has 0 amide bonds. The summed E-state index contributed by atoms with van der Waals surface area (Å²) in [4.78, 5) is 11.9. The molecular weight excluding hydrogens is 260 g/mol. The molecule has 1 aromatic carbocycles. The summed E-state index contributed by atoms with van der Waals surface area (Å²) < 4.78 is 51.9. The molecule has 0 aromatic heterocycles. The summed E-state index contributed by atoms with van der Waals surface area (Å²) in [5.74, 6) is -4.80. The lowest BCUT2D eigenvalue weighted by Crippen LogP contribution is -2.29. The molecule has 1 nitrogen and oxygen atoms in total. The van der Waals surface area contributed by atoms with Crippen LogP contribution in [0.3, 0.4) is 0 Å². The fourth-order valence-corrected chi connectivity index (χ4v) is 2.42. The molecule has 0 radical (unpaired) electrons. The Labute approximate surface area is 108 Å². The zero-order chi connectivity index (χ0) is 14.0. The molecule has 5 heteroatoms. The van der Waals surface area contributed by atoms with E-state index in [1.807, 2.05) is 0 Å². The third kappa shape index (κ3) is 3.78. The summed E-state index contributed by atoms with van der Waals surface area (Å²) in [5, 5.41) is 0. The van der Waals surface area contributed by atoms with Crippen LogP contribution < -0.4 is 0 Å². The Morgan fingerprint density at radius 2 is 1.63 bits per heavy atom. The molecule has 1 aromatic rings. The largest absolute Gasteiger partial charge is 0.299 e. The van der Waals surface area contributed by atoms with Crippen molar-refractivity contribution in [1.82, 2.24) is 0 Å². The second-order valence-corrected chi connectivity index (χ2v) is 5.05. The average Bonchev–Trinajstić information content (AvgIpc) is 2.26. The van der Waals surface area contributed by atoms with Gasteiger partial charge in [-0.1, -0.05) is 0 Å². The van der Waals surface area contributed by atoms with Gasteiger partial charge in [-0.25, -0.2) is 17.6 Å². The van der Waals surface area contributed by atoms with Crippen molar-refractivity contribution in [2.45, 2.75) is 38.0 Å². The minimum atomic E-state index is -2.68. The SMILES string of the molecule is O=C(Cc1cc(F)cc(F)c1)C1CCC(F)(F)CC1. The van der Waals surface area contributed by atoms with Gasteiger partial charge in [-0.15, -0.1) is 0 Å². The minimum absolute atomic E-state index is 0.106. The first-order chi connectivity index (χ1) is 8.85. The molecule has 0 saturated heterocycles. The van der Waals surface area contributed by atoms with E-state index in [1.54, 1.807) is 0 Å². The summed E-state index contributed by atoms with van der Waals surface area (Å²) in [6.45, 7) is 0. The Morgan fingerprint density at radius 3 is 2.16 bits per heavy atom. The molecule has 0 aliphatic heterocycles. The topological polar surface area (TPSA) is 17.1 Å². The van der Waals surface area contributed by atoms with Crippen molar-refractivity contribution in [2.24, 2.45) is 5.92 Å². The van der Waals surface area contributed by atoms with Gasteiger partial charge in [0.25, 0.3) is 0 Å². The lowest BCUT2D eigenvalue weighted by Gasteiger charge is -2.27. The van der Waals surface area contributed by atoms with E-state index in [4.69, 9.17) is 0 Å². The zero-order valence-electron chi connectivity index (χ0n) is 10.3. The zero-order valence-corrected chi connectivity index (χ0v) is 10.3. The number of carbonyl (C=O) groups is 1. The summed E-state index contributed by atoms with van der Waals surface area (Å²) in [5.41, 5.74) is 0.250. The maximum atomic E-state index is 13.0. The average molecular weight is 274 g/mol. The van der Waals surface area contributed by atoms with Gasteiger partial charge < -0.3 is 0 Å². The van der Waals surface area contributed by atoms with Gasteiger partial charge >= 0.3 is 0 Å². The van der Waals surface area contributed by atoms with E-state index < -0.39 is 23.5 Å². The Bertz CT molecular complexity index is 454. The standard InChI is InChI=1S/C14H14F4O/c15-11-5-9(6-12(16)8-11)7-13(19)10-1-3-14(17,18)4-2-10/h5-6,8,10H,1-4,7H2. The van der Waals surface area contributed by atoms with Crippen molar-refractivity contribution < 1.29 is 22.4 Å². The third-order valence-electron chi connectivity index (χ3n) is 3.47. The van der Waals surface area contributed by atoms with Crippen LogP contribution in [0.2, 0.25) is 0 Å². The Kier molecular flexibility index (Phi) is 3.92. The van der Waals surface area contributed by atoms with Gasteiger partial charge in [0.05, 0.1) is 0 Å². The number of Topliss-reactive ketones (excluding diaryl/α,β-unsaturated/α-hetero) is 1. The van der Waals surface area contributed by atoms with Crippen molar-refractivity contribution >= 4 is 5.78 Å². The molecule has 19 heavy (non-hydrogen) atoms. The first-order valence-corrected chi connectivity index (χ1v) is 6.21. The summed E-state index contributed by atoms with van der Waals surface area (Å²) >= 11 is 0. The van der Waals surface area contributed by atoms with Crippen LogP contribution in [0.15, 0.2) is 18.2 Å². The number of rotatable bonds is 3. The number of halogens is 4. The fourth-order valence-electron chi connectivity index (χ4n) is 2.42. The number of hydrogen-bond donors (Lipinski definition) is 0. The minimum Gasteiger partial charge on any atom is -0.299 e. The predicted molar refractivity (Wildman–Crippen MR) is 62.0 cm³/mol. The molecule has 0 heterocycles. The van der Waals surface area contributed by atoms with Crippen LogP contribution in [0.25, 0.3) is 0 Å². The molecule has 1 aliphatic rings. The molecule has 1 saturated carbocycles. The second-order valence-electron chi connectivity index (χ2n) is 5.05. The number of benzene rings is 1. The van der Waals surface area contributed by atoms with E-state index in [9.17, 15) is 22.4 Å². The molecule has 0 N–H and O–H groups in total. The van der Waals surface area contributed by atoms with Crippen LogP contribution >= 0.6 is 0 Å². The molecule has 0 unspecified atom stereocenters. The van der Waals surface area contributed by atoms with Crippen LogP contribution in [0.4, 0.5) is 17.6 Å². The summed E-state index contributed by atoms with van der Waals surface area (Å²) in [6.07, 6.45) is -0.403. The Morgan fingerprint density at radius 1 is 1.11 bits per heavy atom. The van der Waals surface area contributed by atoms with Crippen molar-refractivity contribution in [3.63, 3.8) is 0 Å². The van der Waals surface area contributed by atoms with Crippen LogP contribution in [0, 0.1) is 17.6 Å². The first-order valence-electron chi connectivity index (χ1n) is 6.21. The highest BCUT2D eigenvalue weighted by atomic mass is 19.3. The first kappa shape index (κ1) is 14.0. The summed E-state index contributed by atoms with van der Waals surface area (Å²) in [7, 11) is 0. The van der Waals surface area contributed by atoms with E-state index in [0.717, 1.165) is 18.2 Å². The van der Waals surface area contributed by atoms with Gasteiger partial charge in [-0.2, -0.15) is 0 Å². The van der Waals surface area contributed by atoms with Crippen molar-refractivity contribution in [3.05, 3.63) is 35.4 Å². The highest BCUT2D eigenvalue weighted by Gasteiger charge is 2.37. The van der Waals surface area contributed by atoms with Gasteiger partial charge in [0, 0.05) is 31.2 Å². The number of hydrogen-bond acceptors (Lipinski definition) is 1. The highest BCUT2D eigenvalue weighted by molar-refractivity contribution is 5.83. The molecule has 2 rings (SSSR count). The number of carbonyl (C=O) groups excluding carboxylic acids is 1. The molecule has 0 bridgehead atoms. The molecule has 104 valence electrons. The molecule has 0 spiro atoms. The molecule has 1 fully saturated rings. The van der Waals surface area contributed by atoms with Gasteiger partial charge in [0.1, 0.15) is 17.4 Å². The number of alkyl halides is 2. The lowest BCUT2D eigenvalue weighted by atomic mass is 9.82. The smallest absolute Gasteiger partial charge is 0.248 e. The van der Waals surface area contributed by atoms with Gasteiger partial charge in [-0.05, 0) is 30.5 Å². The Hall–Kier alpha value is -1.39. The van der Waals surface area contributed by atoms with E-state index in [1.165, 1.54) is 0 Å². The maximum Gasteiger partial charge on any atom is 0.248 e. The predicted octanol–water partition coefficient (Wildman–Crippen LogP) is 3.90. The van der Waals surface area contributed by atoms with Crippen LogP contribution in [-0.2, 0) is 11.2 Å². The quantitative estimate of drug-likeness (QED) is 0.764. The second kappa shape index (κ2) is 5.31. The van der Waals surface area contributed by atoms with Crippen LogP contribution in [0.1, 0.15) is 31.2 Å². The van der Waals surface area contributed by atoms with Gasteiger partial charge in [-0.3, -0.25) is 4.79 Å². The third-order valence-corrected chi connectivity index (χ3v) is 3.47. The highest BCUT2D eigenvalue weighted by Crippen LogP contribution is 2.36. The van der Waals surface area contributed by atoms with Crippen LogP contribution in [-0.4, -0.2) is 11.7 Å². The van der Waals surface area contributed by atoms with Crippen LogP contribution in [0.5, 0.6) is 0 Å². The normalized spacial score (nSPS) is 19.4.